The number of rotatable bonds is 1. The second kappa shape index (κ2) is 3.83. The molecule has 0 heteroatoms. The number of benzene rings is 1. The van der Waals surface area contributed by atoms with E-state index in [-0.39, 0.29) is 0 Å². The first kappa shape index (κ1) is 9.26. The molecule has 2 rings (SSSR count). The van der Waals surface area contributed by atoms with Gasteiger partial charge in [0.25, 0.3) is 0 Å². The quantitative estimate of drug-likeness (QED) is 0.622. The van der Waals surface area contributed by atoms with Crippen molar-refractivity contribution in [2.45, 2.75) is 19.8 Å². The molecule has 0 N–H and O–H groups in total. The zero-order chi connectivity index (χ0) is 9.97. The third kappa shape index (κ3) is 1.79. The standard InChI is InChI=1S/C14H16/c1-11-6-5-8-13(10-11)14-9-4-3-7-12(14)2/h3-10,12,14H,1-2H3. The highest BCUT2D eigenvalue weighted by Crippen LogP contribution is 2.29. The maximum Gasteiger partial charge on any atom is 0.00814 e. The van der Waals surface area contributed by atoms with Gasteiger partial charge in [-0.1, -0.05) is 61.1 Å². The fraction of sp³-hybridized carbons (Fsp3) is 0.286. The summed E-state index contributed by atoms with van der Waals surface area (Å²) in [4.78, 5) is 0. The van der Waals surface area contributed by atoms with Crippen molar-refractivity contribution >= 4 is 0 Å². The number of aryl methyl sites for hydroxylation is 1. The molecule has 72 valence electrons. The van der Waals surface area contributed by atoms with Crippen molar-refractivity contribution in [3.8, 4) is 0 Å². The molecule has 0 heterocycles. The highest BCUT2D eigenvalue weighted by molar-refractivity contribution is 5.32. The fourth-order valence-electron chi connectivity index (χ4n) is 2.01. The molecule has 1 aromatic rings. The second-order valence-corrected chi connectivity index (χ2v) is 4.07. The largest absolute Gasteiger partial charge is 0.0808 e. The van der Waals surface area contributed by atoms with Crippen LogP contribution < -0.4 is 0 Å². The normalized spacial score (nSPS) is 25.3. The molecule has 0 saturated carbocycles. The van der Waals surface area contributed by atoms with Crippen LogP contribution in [0.3, 0.4) is 0 Å². The van der Waals surface area contributed by atoms with Crippen LogP contribution in [0, 0.1) is 12.8 Å². The molecular weight excluding hydrogens is 168 g/mol. The highest BCUT2D eigenvalue weighted by Gasteiger charge is 2.15. The molecule has 14 heavy (non-hydrogen) atoms. The number of hydrogen-bond acceptors (Lipinski definition) is 0. The second-order valence-electron chi connectivity index (χ2n) is 4.07. The summed E-state index contributed by atoms with van der Waals surface area (Å²) < 4.78 is 0. The molecule has 0 bridgehead atoms. The van der Waals surface area contributed by atoms with E-state index < -0.39 is 0 Å². The summed E-state index contributed by atoms with van der Waals surface area (Å²) in [6.07, 6.45) is 8.84. The molecule has 1 aromatic carbocycles. The smallest absolute Gasteiger partial charge is 0.00814 e. The van der Waals surface area contributed by atoms with Gasteiger partial charge in [-0.05, 0) is 18.4 Å². The summed E-state index contributed by atoms with van der Waals surface area (Å²) in [6, 6.07) is 8.79. The van der Waals surface area contributed by atoms with Crippen molar-refractivity contribution in [1.82, 2.24) is 0 Å². The topological polar surface area (TPSA) is 0 Å². The van der Waals surface area contributed by atoms with E-state index >= 15 is 0 Å². The molecule has 0 amide bonds. The van der Waals surface area contributed by atoms with Crippen molar-refractivity contribution in [3.05, 3.63) is 59.7 Å². The van der Waals surface area contributed by atoms with E-state index in [0.29, 0.717) is 11.8 Å². The van der Waals surface area contributed by atoms with E-state index in [9.17, 15) is 0 Å². The molecule has 0 aromatic heterocycles. The lowest BCUT2D eigenvalue weighted by atomic mass is 9.84. The Hall–Kier alpha value is -1.30. The van der Waals surface area contributed by atoms with Crippen molar-refractivity contribution in [2.75, 3.05) is 0 Å². The SMILES string of the molecule is Cc1cccc(C2C=CC=CC2C)c1. The van der Waals surface area contributed by atoms with Gasteiger partial charge in [-0.2, -0.15) is 0 Å². The van der Waals surface area contributed by atoms with Gasteiger partial charge >= 0.3 is 0 Å². The van der Waals surface area contributed by atoms with E-state index in [1.54, 1.807) is 0 Å². The third-order valence-corrected chi connectivity index (χ3v) is 2.84. The Morgan fingerprint density at radius 1 is 1.07 bits per heavy atom. The Bertz CT molecular complexity index is 371. The molecule has 0 nitrogen and oxygen atoms in total. The van der Waals surface area contributed by atoms with Gasteiger partial charge in [0.15, 0.2) is 0 Å². The van der Waals surface area contributed by atoms with Crippen molar-refractivity contribution in [1.29, 1.82) is 0 Å². The van der Waals surface area contributed by atoms with Gasteiger partial charge in [0, 0.05) is 5.92 Å². The van der Waals surface area contributed by atoms with Crippen LogP contribution in [0.4, 0.5) is 0 Å². The summed E-state index contributed by atoms with van der Waals surface area (Å²) in [5.74, 6) is 1.17. The summed E-state index contributed by atoms with van der Waals surface area (Å²) >= 11 is 0. The van der Waals surface area contributed by atoms with Gasteiger partial charge in [-0.15, -0.1) is 0 Å². The van der Waals surface area contributed by atoms with Crippen LogP contribution in [0.5, 0.6) is 0 Å². The number of allylic oxidation sites excluding steroid dienone is 4. The Morgan fingerprint density at radius 2 is 1.86 bits per heavy atom. The lowest BCUT2D eigenvalue weighted by molar-refractivity contribution is 0.635. The highest BCUT2D eigenvalue weighted by atomic mass is 14.2. The maximum absolute atomic E-state index is 2.29. The molecular formula is C14H16. The monoisotopic (exact) mass is 184 g/mol. The number of hydrogen-bond donors (Lipinski definition) is 0. The molecule has 2 atom stereocenters. The average molecular weight is 184 g/mol. The van der Waals surface area contributed by atoms with Crippen LogP contribution in [0.2, 0.25) is 0 Å². The van der Waals surface area contributed by atoms with Crippen LogP contribution in [0.25, 0.3) is 0 Å². The molecule has 1 aliphatic rings. The molecule has 0 fully saturated rings. The van der Waals surface area contributed by atoms with Gasteiger partial charge in [-0.25, -0.2) is 0 Å². The molecule has 1 aliphatic carbocycles. The summed E-state index contributed by atoms with van der Waals surface area (Å²) in [6.45, 7) is 4.42. The van der Waals surface area contributed by atoms with Gasteiger partial charge in [0.05, 0.1) is 0 Å². The minimum Gasteiger partial charge on any atom is -0.0808 e. The molecule has 0 aliphatic heterocycles. The summed E-state index contributed by atoms with van der Waals surface area (Å²) in [5, 5.41) is 0. The van der Waals surface area contributed by atoms with Gasteiger partial charge in [0.1, 0.15) is 0 Å². The zero-order valence-corrected chi connectivity index (χ0v) is 8.77. The maximum atomic E-state index is 2.29. The summed E-state index contributed by atoms with van der Waals surface area (Å²) in [7, 11) is 0. The van der Waals surface area contributed by atoms with Crippen LogP contribution in [-0.4, -0.2) is 0 Å². The molecule has 0 saturated heterocycles. The average Bonchev–Trinajstić information content (AvgIpc) is 2.18. The fourth-order valence-corrected chi connectivity index (χ4v) is 2.01. The predicted molar refractivity (Wildman–Crippen MR) is 61.4 cm³/mol. The van der Waals surface area contributed by atoms with E-state index in [1.807, 2.05) is 0 Å². The van der Waals surface area contributed by atoms with Crippen LogP contribution >= 0.6 is 0 Å². The van der Waals surface area contributed by atoms with Gasteiger partial charge in [-0.3, -0.25) is 0 Å². The zero-order valence-electron chi connectivity index (χ0n) is 8.77. The van der Waals surface area contributed by atoms with Crippen LogP contribution in [-0.2, 0) is 0 Å². The Kier molecular flexibility index (Phi) is 2.53. The van der Waals surface area contributed by atoms with E-state index in [4.69, 9.17) is 0 Å². The lowest BCUT2D eigenvalue weighted by Gasteiger charge is -2.21. The summed E-state index contributed by atoms with van der Waals surface area (Å²) in [5.41, 5.74) is 2.77. The van der Waals surface area contributed by atoms with Gasteiger partial charge < -0.3 is 0 Å². The Morgan fingerprint density at radius 3 is 2.57 bits per heavy atom. The minimum atomic E-state index is 0.555. The predicted octanol–water partition coefficient (Wildman–Crippen LogP) is 3.84. The third-order valence-electron chi connectivity index (χ3n) is 2.84. The minimum absolute atomic E-state index is 0.555. The first-order chi connectivity index (χ1) is 6.77. The van der Waals surface area contributed by atoms with E-state index in [0.717, 1.165) is 0 Å². The molecule has 0 spiro atoms. The molecule has 2 unspecified atom stereocenters. The van der Waals surface area contributed by atoms with Crippen molar-refractivity contribution in [2.24, 2.45) is 5.92 Å². The first-order valence-corrected chi connectivity index (χ1v) is 5.19. The van der Waals surface area contributed by atoms with Crippen molar-refractivity contribution < 1.29 is 0 Å². The van der Waals surface area contributed by atoms with Crippen LogP contribution in [0.15, 0.2) is 48.6 Å². The molecule has 0 radical (unpaired) electrons. The van der Waals surface area contributed by atoms with E-state index in [2.05, 4.69) is 62.4 Å². The van der Waals surface area contributed by atoms with Gasteiger partial charge in [0.2, 0.25) is 0 Å². The van der Waals surface area contributed by atoms with Crippen molar-refractivity contribution in [3.63, 3.8) is 0 Å². The van der Waals surface area contributed by atoms with E-state index in [1.165, 1.54) is 11.1 Å². The first-order valence-electron chi connectivity index (χ1n) is 5.19. The Balaban J connectivity index is 2.31. The van der Waals surface area contributed by atoms with Crippen LogP contribution in [0.1, 0.15) is 24.0 Å². The lowest BCUT2D eigenvalue weighted by Crippen LogP contribution is -2.07. The Labute approximate surface area is 86.0 Å².